The summed E-state index contributed by atoms with van der Waals surface area (Å²) in [5.74, 6) is 0.588. The summed E-state index contributed by atoms with van der Waals surface area (Å²) in [4.78, 5) is 0. The standard InChI is InChI=1S/C20H20F2O/c21-17-9-5-15(6-10-17)19(13-1-2-13)23-20(14-3-4-14)16-7-11-18(22)12-8-16/h5-14,19-20H,1-4H2. The largest absolute Gasteiger partial charge is 0.365 e. The van der Waals surface area contributed by atoms with Gasteiger partial charge in [-0.3, -0.25) is 0 Å². The highest BCUT2D eigenvalue weighted by Crippen LogP contribution is 2.50. The summed E-state index contributed by atoms with van der Waals surface area (Å²) < 4.78 is 32.9. The van der Waals surface area contributed by atoms with Crippen LogP contribution in [0.3, 0.4) is 0 Å². The van der Waals surface area contributed by atoms with Gasteiger partial charge in [0.2, 0.25) is 0 Å². The molecule has 2 fully saturated rings. The van der Waals surface area contributed by atoms with Gasteiger partial charge in [-0.2, -0.15) is 0 Å². The van der Waals surface area contributed by atoms with Crippen LogP contribution < -0.4 is 0 Å². The molecule has 2 atom stereocenters. The van der Waals surface area contributed by atoms with Crippen LogP contribution >= 0.6 is 0 Å². The predicted molar refractivity (Wildman–Crippen MR) is 84.8 cm³/mol. The zero-order chi connectivity index (χ0) is 15.8. The van der Waals surface area contributed by atoms with E-state index < -0.39 is 0 Å². The van der Waals surface area contributed by atoms with E-state index in [1.807, 2.05) is 24.3 Å². The second kappa shape index (κ2) is 6.04. The minimum absolute atomic E-state index is 0.00579. The van der Waals surface area contributed by atoms with Gasteiger partial charge in [0, 0.05) is 0 Å². The molecule has 2 aliphatic carbocycles. The minimum Gasteiger partial charge on any atom is -0.365 e. The van der Waals surface area contributed by atoms with E-state index in [2.05, 4.69) is 0 Å². The third-order valence-electron chi connectivity index (χ3n) is 4.79. The lowest BCUT2D eigenvalue weighted by atomic mass is 10.0. The molecular formula is C20H20F2O. The van der Waals surface area contributed by atoms with E-state index in [4.69, 9.17) is 4.74 Å². The average Bonchev–Trinajstić information content (AvgIpc) is 3.45. The molecule has 2 aromatic rings. The Morgan fingerprint density at radius 3 is 1.30 bits per heavy atom. The van der Waals surface area contributed by atoms with Gasteiger partial charge in [0.15, 0.2) is 0 Å². The Kier molecular flexibility index (Phi) is 3.90. The summed E-state index contributed by atoms with van der Waals surface area (Å²) in [6, 6.07) is 13.3. The molecule has 0 N–H and O–H groups in total. The molecule has 3 heteroatoms. The molecule has 2 unspecified atom stereocenters. The third-order valence-corrected chi connectivity index (χ3v) is 4.79. The molecule has 23 heavy (non-hydrogen) atoms. The molecule has 0 aromatic heterocycles. The Morgan fingerprint density at radius 2 is 1.00 bits per heavy atom. The Hall–Kier alpha value is -1.74. The van der Waals surface area contributed by atoms with Crippen molar-refractivity contribution in [1.29, 1.82) is 0 Å². The lowest BCUT2D eigenvalue weighted by molar-refractivity contribution is -0.0389. The number of ether oxygens (including phenoxy) is 1. The Labute approximate surface area is 135 Å². The maximum absolute atomic E-state index is 13.2. The zero-order valence-corrected chi connectivity index (χ0v) is 12.9. The molecule has 0 heterocycles. The molecule has 0 radical (unpaired) electrons. The van der Waals surface area contributed by atoms with E-state index >= 15 is 0 Å². The number of hydrogen-bond donors (Lipinski definition) is 0. The topological polar surface area (TPSA) is 9.23 Å². The van der Waals surface area contributed by atoms with Gasteiger partial charge in [-0.15, -0.1) is 0 Å². The Balaban J connectivity index is 1.58. The maximum Gasteiger partial charge on any atom is 0.123 e. The summed E-state index contributed by atoms with van der Waals surface area (Å²) in [6.45, 7) is 0. The molecule has 0 aliphatic heterocycles. The van der Waals surface area contributed by atoms with Crippen LogP contribution in [-0.2, 0) is 4.74 Å². The van der Waals surface area contributed by atoms with Gasteiger partial charge in [-0.1, -0.05) is 24.3 Å². The molecule has 120 valence electrons. The lowest BCUT2D eigenvalue weighted by Gasteiger charge is -2.26. The fourth-order valence-corrected chi connectivity index (χ4v) is 3.18. The van der Waals surface area contributed by atoms with Gasteiger partial charge in [0.25, 0.3) is 0 Å². The Bertz CT molecular complexity index is 598. The van der Waals surface area contributed by atoms with E-state index in [0.717, 1.165) is 36.8 Å². The van der Waals surface area contributed by atoms with Crippen molar-refractivity contribution in [3.8, 4) is 0 Å². The normalized spacial score (nSPS) is 20.3. The minimum atomic E-state index is -0.222. The van der Waals surface area contributed by atoms with Crippen molar-refractivity contribution in [1.82, 2.24) is 0 Å². The number of halogens is 2. The second-order valence-corrected chi connectivity index (χ2v) is 6.76. The van der Waals surface area contributed by atoms with E-state index in [9.17, 15) is 8.78 Å². The summed E-state index contributed by atoms with van der Waals surface area (Å²) in [5, 5.41) is 0. The van der Waals surface area contributed by atoms with Crippen LogP contribution in [0, 0.1) is 23.5 Å². The highest BCUT2D eigenvalue weighted by molar-refractivity contribution is 5.23. The van der Waals surface area contributed by atoms with Crippen molar-refractivity contribution in [2.24, 2.45) is 11.8 Å². The molecule has 2 saturated carbocycles. The van der Waals surface area contributed by atoms with E-state index in [1.165, 1.54) is 24.3 Å². The van der Waals surface area contributed by atoms with Gasteiger partial charge in [0.1, 0.15) is 11.6 Å². The number of hydrogen-bond acceptors (Lipinski definition) is 1. The van der Waals surface area contributed by atoms with Crippen LogP contribution in [0.4, 0.5) is 8.78 Å². The Morgan fingerprint density at radius 1 is 0.652 bits per heavy atom. The quantitative estimate of drug-likeness (QED) is 0.676. The summed E-state index contributed by atoms with van der Waals surface area (Å²) in [6.07, 6.45) is 4.63. The number of rotatable bonds is 6. The SMILES string of the molecule is Fc1ccc(C(OC(c2ccc(F)cc2)C2CC2)C2CC2)cc1. The average molecular weight is 314 g/mol. The molecule has 0 saturated heterocycles. The van der Waals surface area contributed by atoms with Crippen LogP contribution in [-0.4, -0.2) is 0 Å². The maximum atomic E-state index is 13.2. The van der Waals surface area contributed by atoms with Crippen molar-refractivity contribution >= 4 is 0 Å². The summed E-state index contributed by atoms with van der Waals surface area (Å²) in [5.41, 5.74) is 2.09. The van der Waals surface area contributed by atoms with Crippen molar-refractivity contribution in [3.63, 3.8) is 0 Å². The van der Waals surface area contributed by atoms with Crippen LogP contribution in [0.15, 0.2) is 48.5 Å². The van der Waals surface area contributed by atoms with E-state index in [1.54, 1.807) is 0 Å². The van der Waals surface area contributed by atoms with Crippen molar-refractivity contribution in [2.45, 2.75) is 37.9 Å². The van der Waals surface area contributed by atoms with Gasteiger partial charge in [-0.25, -0.2) is 8.78 Å². The molecule has 2 aliphatic rings. The van der Waals surface area contributed by atoms with Crippen molar-refractivity contribution in [3.05, 3.63) is 71.3 Å². The molecule has 0 amide bonds. The van der Waals surface area contributed by atoms with Crippen LogP contribution in [0.25, 0.3) is 0 Å². The highest BCUT2D eigenvalue weighted by Gasteiger charge is 2.40. The van der Waals surface area contributed by atoms with Crippen molar-refractivity contribution in [2.75, 3.05) is 0 Å². The van der Waals surface area contributed by atoms with Crippen LogP contribution in [0.2, 0.25) is 0 Å². The first-order chi connectivity index (χ1) is 11.2. The van der Waals surface area contributed by atoms with Crippen LogP contribution in [0.5, 0.6) is 0 Å². The van der Waals surface area contributed by atoms with Gasteiger partial charge in [0.05, 0.1) is 12.2 Å². The zero-order valence-electron chi connectivity index (χ0n) is 12.9. The summed E-state index contributed by atoms with van der Waals surface area (Å²) >= 11 is 0. The van der Waals surface area contributed by atoms with Crippen molar-refractivity contribution < 1.29 is 13.5 Å². The first-order valence-corrected chi connectivity index (χ1v) is 8.37. The van der Waals surface area contributed by atoms with Gasteiger partial charge >= 0.3 is 0 Å². The first kappa shape index (κ1) is 14.8. The van der Waals surface area contributed by atoms with E-state index in [0.29, 0.717) is 11.8 Å². The molecule has 4 rings (SSSR count). The van der Waals surface area contributed by atoms with Gasteiger partial charge < -0.3 is 4.74 Å². The van der Waals surface area contributed by atoms with E-state index in [-0.39, 0.29) is 23.8 Å². The fraction of sp³-hybridized carbons (Fsp3) is 0.400. The highest BCUT2D eigenvalue weighted by atomic mass is 19.1. The summed E-state index contributed by atoms with van der Waals surface area (Å²) in [7, 11) is 0. The first-order valence-electron chi connectivity index (χ1n) is 8.37. The van der Waals surface area contributed by atoms with Gasteiger partial charge in [-0.05, 0) is 72.9 Å². The molecule has 2 aromatic carbocycles. The molecule has 1 nitrogen and oxygen atoms in total. The molecular weight excluding hydrogens is 294 g/mol. The molecule has 0 bridgehead atoms. The second-order valence-electron chi connectivity index (χ2n) is 6.76. The predicted octanol–water partition coefficient (Wildman–Crippen LogP) is 5.58. The lowest BCUT2D eigenvalue weighted by Crippen LogP contribution is -2.14. The third kappa shape index (κ3) is 3.45. The fourth-order valence-electron chi connectivity index (χ4n) is 3.18. The number of benzene rings is 2. The monoisotopic (exact) mass is 314 g/mol. The van der Waals surface area contributed by atoms with Crippen LogP contribution in [0.1, 0.15) is 49.0 Å². The molecule has 0 spiro atoms. The smallest absolute Gasteiger partial charge is 0.123 e.